The van der Waals surface area contributed by atoms with Crippen LogP contribution in [0.2, 0.25) is 0 Å². The van der Waals surface area contributed by atoms with E-state index in [2.05, 4.69) is 5.32 Å². The van der Waals surface area contributed by atoms with Crippen molar-refractivity contribution in [2.75, 3.05) is 12.4 Å². The zero-order valence-electron chi connectivity index (χ0n) is 7.11. The molecule has 4 heteroatoms. The van der Waals surface area contributed by atoms with Crippen LogP contribution in [0.15, 0.2) is 18.2 Å². The maximum Gasteiger partial charge on any atom is 0.211 e. The molecule has 0 fully saturated rings. The third-order valence-electron chi connectivity index (χ3n) is 1.58. The van der Waals surface area contributed by atoms with Crippen molar-refractivity contribution >= 4 is 18.4 Å². The number of hydrogen-bond acceptors (Lipinski definition) is 3. The van der Waals surface area contributed by atoms with E-state index in [1.807, 2.05) is 0 Å². The number of anilines is 1. The zero-order chi connectivity index (χ0) is 9.68. The number of methoxy groups -OCH3 is 1. The summed E-state index contributed by atoms with van der Waals surface area (Å²) in [7, 11) is 1.48. The maximum absolute atomic E-state index is 10.5. The van der Waals surface area contributed by atoms with Gasteiger partial charge in [-0.2, -0.15) is 0 Å². The van der Waals surface area contributed by atoms with E-state index in [0.29, 0.717) is 29.7 Å². The number of aldehydes is 1. The van der Waals surface area contributed by atoms with E-state index in [1.54, 1.807) is 18.2 Å². The first-order valence-corrected chi connectivity index (χ1v) is 3.65. The highest BCUT2D eigenvalue weighted by Crippen LogP contribution is 2.20. The minimum Gasteiger partial charge on any atom is -0.496 e. The largest absolute Gasteiger partial charge is 0.496 e. The van der Waals surface area contributed by atoms with Crippen molar-refractivity contribution in [2.45, 2.75) is 0 Å². The van der Waals surface area contributed by atoms with Crippen LogP contribution in [-0.2, 0) is 4.79 Å². The second kappa shape index (κ2) is 4.25. The number of carbonyl (C=O) groups is 2. The topological polar surface area (TPSA) is 55.4 Å². The number of ether oxygens (including phenoxy) is 1. The summed E-state index contributed by atoms with van der Waals surface area (Å²) in [4.78, 5) is 20.6. The van der Waals surface area contributed by atoms with Crippen LogP contribution in [0.25, 0.3) is 0 Å². The van der Waals surface area contributed by atoms with E-state index >= 15 is 0 Å². The van der Waals surface area contributed by atoms with Crippen molar-refractivity contribution in [3.63, 3.8) is 0 Å². The standard InChI is InChI=1S/C9H9NO3/c1-13-9-3-2-8(10-6-12)4-7(9)5-11/h2-6H,1H3,(H,10,12). The first kappa shape index (κ1) is 9.25. The summed E-state index contributed by atoms with van der Waals surface area (Å²) in [5.41, 5.74) is 0.979. The molecular weight excluding hydrogens is 170 g/mol. The number of nitrogens with one attached hydrogen (secondary N) is 1. The molecule has 68 valence electrons. The molecule has 0 aliphatic heterocycles. The average molecular weight is 179 g/mol. The first-order valence-electron chi connectivity index (χ1n) is 3.65. The highest BCUT2D eigenvalue weighted by atomic mass is 16.5. The van der Waals surface area contributed by atoms with Crippen molar-refractivity contribution in [3.05, 3.63) is 23.8 Å². The normalized spacial score (nSPS) is 9.00. The van der Waals surface area contributed by atoms with Gasteiger partial charge in [-0.3, -0.25) is 9.59 Å². The Hall–Kier alpha value is -1.84. The van der Waals surface area contributed by atoms with Crippen molar-refractivity contribution in [2.24, 2.45) is 0 Å². The lowest BCUT2D eigenvalue weighted by Crippen LogP contribution is -1.96. The molecule has 1 amide bonds. The van der Waals surface area contributed by atoms with E-state index < -0.39 is 0 Å². The Balaban J connectivity index is 3.04. The van der Waals surface area contributed by atoms with E-state index in [-0.39, 0.29) is 0 Å². The van der Waals surface area contributed by atoms with Crippen LogP contribution in [0.4, 0.5) is 5.69 Å². The Labute approximate surface area is 75.5 Å². The summed E-state index contributed by atoms with van der Waals surface area (Å²) < 4.78 is 4.92. The Bertz CT molecular complexity index is 323. The van der Waals surface area contributed by atoms with E-state index in [1.165, 1.54) is 7.11 Å². The van der Waals surface area contributed by atoms with Gasteiger partial charge < -0.3 is 10.1 Å². The molecule has 0 aliphatic rings. The van der Waals surface area contributed by atoms with E-state index in [9.17, 15) is 9.59 Å². The molecule has 0 atom stereocenters. The summed E-state index contributed by atoms with van der Waals surface area (Å²) >= 11 is 0. The molecule has 0 heterocycles. The molecule has 0 saturated heterocycles. The second-order valence-electron chi connectivity index (χ2n) is 2.34. The molecule has 0 spiro atoms. The molecule has 13 heavy (non-hydrogen) atoms. The Kier molecular flexibility index (Phi) is 3.03. The lowest BCUT2D eigenvalue weighted by molar-refractivity contribution is -0.105. The minimum atomic E-state index is 0.411. The van der Waals surface area contributed by atoms with Crippen LogP contribution in [-0.4, -0.2) is 19.8 Å². The summed E-state index contributed by atoms with van der Waals surface area (Å²) in [6.45, 7) is 0. The zero-order valence-corrected chi connectivity index (χ0v) is 7.11. The predicted octanol–water partition coefficient (Wildman–Crippen LogP) is 1.08. The number of carbonyl (C=O) groups excluding carboxylic acids is 2. The van der Waals surface area contributed by atoms with Crippen molar-refractivity contribution < 1.29 is 14.3 Å². The predicted molar refractivity (Wildman–Crippen MR) is 48.1 cm³/mol. The van der Waals surface area contributed by atoms with E-state index in [0.717, 1.165) is 0 Å². The molecule has 1 aromatic rings. The number of benzene rings is 1. The first-order chi connectivity index (χ1) is 6.31. The fraction of sp³-hybridized carbons (Fsp3) is 0.111. The Morgan fingerprint density at radius 2 is 2.15 bits per heavy atom. The van der Waals surface area contributed by atoms with Gasteiger partial charge in [0.1, 0.15) is 5.75 Å². The van der Waals surface area contributed by atoms with Crippen LogP contribution < -0.4 is 10.1 Å². The molecule has 4 nitrogen and oxygen atoms in total. The Morgan fingerprint density at radius 1 is 1.38 bits per heavy atom. The summed E-state index contributed by atoms with van der Waals surface area (Å²) in [5.74, 6) is 0.492. The smallest absolute Gasteiger partial charge is 0.211 e. The van der Waals surface area contributed by atoms with Crippen molar-refractivity contribution in [3.8, 4) is 5.75 Å². The highest BCUT2D eigenvalue weighted by Gasteiger charge is 2.01. The van der Waals surface area contributed by atoms with Gasteiger partial charge in [0.05, 0.1) is 12.7 Å². The SMILES string of the molecule is COc1ccc(NC=O)cc1C=O. The molecule has 0 aromatic heterocycles. The van der Waals surface area contributed by atoms with Crippen LogP contribution in [0.1, 0.15) is 10.4 Å². The van der Waals surface area contributed by atoms with Gasteiger partial charge in [0.25, 0.3) is 0 Å². The Morgan fingerprint density at radius 3 is 2.69 bits per heavy atom. The van der Waals surface area contributed by atoms with Crippen molar-refractivity contribution in [1.29, 1.82) is 0 Å². The molecular formula is C9H9NO3. The van der Waals surface area contributed by atoms with Gasteiger partial charge >= 0.3 is 0 Å². The molecule has 1 N–H and O–H groups in total. The number of rotatable bonds is 4. The maximum atomic E-state index is 10.5. The molecule has 1 rings (SSSR count). The molecule has 0 radical (unpaired) electrons. The second-order valence-corrected chi connectivity index (χ2v) is 2.34. The number of hydrogen-bond donors (Lipinski definition) is 1. The quantitative estimate of drug-likeness (QED) is 0.703. The molecule has 0 aliphatic carbocycles. The van der Waals surface area contributed by atoms with Gasteiger partial charge in [-0.05, 0) is 18.2 Å². The van der Waals surface area contributed by atoms with Crippen molar-refractivity contribution in [1.82, 2.24) is 0 Å². The van der Waals surface area contributed by atoms with Gasteiger partial charge in [-0.15, -0.1) is 0 Å². The fourth-order valence-corrected chi connectivity index (χ4v) is 0.984. The molecule has 0 bridgehead atoms. The molecule has 0 unspecified atom stereocenters. The van der Waals surface area contributed by atoms with Gasteiger partial charge in [-0.1, -0.05) is 0 Å². The van der Waals surface area contributed by atoms with Crippen LogP contribution in [0.3, 0.4) is 0 Å². The minimum absolute atomic E-state index is 0.411. The number of amides is 1. The summed E-state index contributed by atoms with van der Waals surface area (Å²) in [5, 5.41) is 2.44. The highest BCUT2D eigenvalue weighted by molar-refractivity contribution is 5.83. The molecule has 1 aromatic carbocycles. The van der Waals surface area contributed by atoms with Gasteiger partial charge in [0.15, 0.2) is 6.29 Å². The lowest BCUT2D eigenvalue weighted by Gasteiger charge is -2.04. The summed E-state index contributed by atoms with van der Waals surface area (Å²) in [6.07, 6.45) is 1.23. The molecule has 0 saturated carbocycles. The van der Waals surface area contributed by atoms with Crippen LogP contribution in [0, 0.1) is 0 Å². The third-order valence-corrected chi connectivity index (χ3v) is 1.58. The monoisotopic (exact) mass is 179 g/mol. The van der Waals surface area contributed by atoms with Gasteiger partial charge in [-0.25, -0.2) is 0 Å². The third kappa shape index (κ3) is 2.05. The van der Waals surface area contributed by atoms with Gasteiger partial charge in [0.2, 0.25) is 6.41 Å². The van der Waals surface area contributed by atoms with Crippen LogP contribution in [0.5, 0.6) is 5.75 Å². The lowest BCUT2D eigenvalue weighted by atomic mass is 10.2. The van der Waals surface area contributed by atoms with E-state index in [4.69, 9.17) is 4.74 Å². The van der Waals surface area contributed by atoms with Gasteiger partial charge in [0, 0.05) is 5.69 Å². The average Bonchev–Trinajstić information content (AvgIpc) is 2.18. The summed E-state index contributed by atoms with van der Waals surface area (Å²) in [6, 6.07) is 4.82. The fourth-order valence-electron chi connectivity index (χ4n) is 0.984. The van der Waals surface area contributed by atoms with Crippen LogP contribution >= 0.6 is 0 Å².